The molecule has 2 N–H and O–H groups in total. The Kier molecular flexibility index (Phi) is 6.31. The molecule has 0 spiro atoms. The van der Waals surface area contributed by atoms with Gasteiger partial charge in [0.1, 0.15) is 0 Å². The monoisotopic (exact) mass is 404 g/mol. The molecule has 1 heterocycles. The molecule has 0 amide bonds. The van der Waals surface area contributed by atoms with Gasteiger partial charge in [-0.05, 0) is 74.6 Å². The number of rotatable bonds is 6. The van der Waals surface area contributed by atoms with Crippen molar-refractivity contribution in [2.45, 2.75) is 64.0 Å². The third kappa shape index (κ3) is 5.33. The summed E-state index contributed by atoms with van der Waals surface area (Å²) in [6.07, 6.45) is 6.24. The van der Waals surface area contributed by atoms with Crippen LogP contribution in [-0.2, 0) is 19.3 Å². The number of hydrogen-bond donors (Lipinski definition) is 2. The average molecular weight is 405 g/mol. The van der Waals surface area contributed by atoms with Crippen molar-refractivity contribution >= 4 is 5.70 Å². The molecule has 2 aliphatic rings. The van der Waals surface area contributed by atoms with E-state index < -0.39 is 5.60 Å². The molecule has 1 aliphatic carbocycles. The van der Waals surface area contributed by atoms with Gasteiger partial charge < -0.3 is 15.3 Å². The molecular weight excluding hydrogens is 368 g/mol. The van der Waals surface area contributed by atoms with Crippen LogP contribution < -0.4 is 5.32 Å². The smallest absolute Gasteiger partial charge is 0.0644 e. The maximum absolute atomic E-state index is 10.1. The normalized spacial score (nSPS) is 21.1. The fraction of sp³-hybridized carbons (Fsp3) is 0.481. The summed E-state index contributed by atoms with van der Waals surface area (Å²) in [5.41, 5.74) is 7.48. The fourth-order valence-corrected chi connectivity index (χ4v) is 4.72. The molecule has 3 heteroatoms. The summed E-state index contributed by atoms with van der Waals surface area (Å²) in [6.45, 7) is 11.5. The Bertz CT molecular complexity index is 874. The molecule has 1 saturated heterocycles. The standard InChI is InChI=1S/C27H36N2O/c1-20-4-7-23(8-5-20)21(2)28-26-11-10-24-18-22(6-9-25(24)19-26)12-15-29-16-13-27(3,30)14-17-29/h4-9,18,26,28,30H,2,10-17,19H2,1,3H3. The second-order valence-corrected chi connectivity index (χ2v) is 9.62. The number of piperidine rings is 1. The van der Waals surface area contributed by atoms with E-state index in [1.54, 1.807) is 0 Å². The number of benzene rings is 2. The Labute approximate surface area is 181 Å². The van der Waals surface area contributed by atoms with Crippen molar-refractivity contribution in [3.05, 3.63) is 76.9 Å². The summed E-state index contributed by atoms with van der Waals surface area (Å²) in [6, 6.07) is 16.1. The lowest BCUT2D eigenvalue weighted by atomic mass is 9.86. The molecule has 1 aliphatic heterocycles. The summed E-state index contributed by atoms with van der Waals surface area (Å²) in [5, 5.41) is 13.8. The highest BCUT2D eigenvalue weighted by Crippen LogP contribution is 2.25. The number of aliphatic hydroxyl groups is 1. The molecular formula is C27H36N2O. The van der Waals surface area contributed by atoms with Crippen molar-refractivity contribution in [3.8, 4) is 0 Å². The first-order chi connectivity index (χ1) is 14.4. The highest BCUT2D eigenvalue weighted by atomic mass is 16.3. The number of nitrogens with one attached hydrogen (secondary N) is 1. The highest BCUT2D eigenvalue weighted by Gasteiger charge is 2.27. The molecule has 1 atom stereocenters. The van der Waals surface area contributed by atoms with Crippen LogP contribution in [0, 0.1) is 6.92 Å². The third-order valence-electron chi connectivity index (χ3n) is 6.93. The molecule has 0 radical (unpaired) electrons. The Morgan fingerprint density at radius 3 is 2.60 bits per heavy atom. The molecule has 3 nitrogen and oxygen atoms in total. The van der Waals surface area contributed by atoms with Crippen LogP contribution in [0.3, 0.4) is 0 Å². The minimum absolute atomic E-state index is 0.457. The van der Waals surface area contributed by atoms with Crippen molar-refractivity contribution in [2.75, 3.05) is 19.6 Å². The second kappa shape index (κ2) is 8.95. The largest absolute Gasteiger partial charge is 0.390 e. The average Bonchev–Trinajstić information content (AvgIpc) is 2.73. The van der Waals surface area contributed by atoms with Gasteiger partial charge in [-0.15, -0.1) is 0 Å². The van der Waals surface area contributed by atoms with E-state index in [2.05, 4.69) is 66.2 Å². The van der Waals surface area contributed by atoms with Gasteiger partial charge in [0.15, 0.2) is 0 Å². The van der Waals surface area contributed by atoms with Gasteiger partial charge in [-0.2, -0.15) is 0 Å². The van der Waals surface area contributed by atoms with E-state index in [1.807, 2.05) is 6.92 Å². The molecule has 1 unspecified atom stereocenters. The number of likely N-dealkylation sites (tertiary alicyclic amines) is 1. The van der Waals surface area contributed by atoms with Gasteiger partial charge in [-0.1, -0.05) is 54.6 Å². The van der Waals surface area contributed by atoms with E-state index in [0.29, 0.717) is 6.04 Å². The zero-order valence-corrected chi connectivity index (χ0v) is 18.6. The maximum Gasteiger partial charge on any atom is 0.0644 e. The summed E-state index contributed by atoms with van der Waals surface area (Å²) < 4.78 is 0. The Morgan fingerprint density at radius 1 is 1.13 bits per heavy atom. The van der Waals surface area contributed by atoms with Gasteiger partial charge in [0.2, 0.25) is 0 Å². The lowest BCUT2D eigenvalue weighted by Crippen LogP contribution is -2.43. The Hall–Kier alpha value is -2.10. The molecule has 1 fully saturated rings. The van der Waals surface area contributed by atoms with Crippen LogP contribution in [0.25, 0.3) is 5.70 Å². The van der Waals surface area contributed by atoms with Crippen LogP contribution in [0.4, 0.5) is 0 Å². The first kappa shape index (κ1) is 21.1. The number of aryl methyl sites for hydroxylation is 2. The van der Waals surface area contributed by atoms with Crippen LogP contribution >= 0.6 is 0 Å². The molecule has 30 heavy (non-hydrogen) atoms. The molecule has 4 rings (SSSR count). The maximum atomic E-state index is 10.1. The predicted molar refractivity (Wildman–Crippen MR) is 126 cm³/mol. The highest BCUT2D eigenvalue weighted by molar-refractivity contribution is 5.62. The quantitative estimate of drug-likeness (QED) is 0.744. The van der Waals surface area contributed by atoms with Gasteiger partial charge in [-0.3, -0.25) is 0 Å². The molecule has 0 aromatic heterocycles. The lowest BCUT2D eigenvalue weighted by Gasteiger charge is -2.35. The Balaban J connectivity index is 1.30. The molecule has 160 valence electrons. The summed E-state index contributed by atoms with van der Waals surface area (Å²) in [7, 11) is 0. The SMILES string of the molecule is C=C(NC1CCc2cc(CCN3CCC(C)(O)CC3)ccc2C1)c1ccc(C)cc1. The van der Waals surface area contributed by atoms with E-state index in [9.17, 15) is 5.11 Å². The Morgan fingerprint density at radius 2 is 1.87 bits per heavy atom. The van der Waals surface area contributed by atoms with Crippen LogP contribution in [0.2, 0.25) is 0 Å². The third-order valence-corrected chi connectivity index (χ3v) is 6.93. The topological polar surface area (TPSA) is 35.5 Å². The van der Waals surface area contributed by atoms with Gasteiger partial charge in [-0.25, -0.2) is 0 Å². The van der Waals surface area contributed by atoms with Gasteiger partial charge in [0.25, 0.3) is 0 Å². The van der Waals surface area contributed by atoms with Crippen molar-refractivity contribution in [1.29, 1.82) is 0 Å². The van der Waals surface area contributed by atoms with Crippen LogP contribution in [0.5, 0.6) is 0 Å². The molecule has 2 aromatic rings. The van der Waals surface area contributed by atoms with E-state index >= 15 is 0 Å². The van der Waals surface area contributed by atoms with Gasteiger partial charge in [0, 0.05) is 31.4 Å². The van der Waals surface area contributed by atoms with Crippen molar-refractivity contribution in [1.82, 2.24) is 10.2 Å². The van der Waals surface area contributed by atoms with Crippen molar-refractivity contribution in [3.63, 3.8) is 0 Å². The van der Waals surface area contributed by atoms with E-state index in [4.69, 9.17) is 0 Å². The van der Waals surface area contributed by atoms with Crippen molar-refractivity contribution in [2.24, 2.45) is 0 Å². The van der Waals surface area contributed by atoms with Crippen molar-refractivity contribution < 1.29 is 5.11 Å². The van der Waals surface area contributed by atoms with E-state index in [-0.39, 0.29) is 0 Å². The summed E-state index contributed by atoms with van der Waals surface area (Å²) in [4.78, 5) is 2.49. The molecule has 2 aromatic carbocycles. The lowest BCUT2D eigenvalue weighted by molar-refractivity contribution is -0.00491. The van der Waals surface area contributed by atoms with Crippen LogP contribution in [-0.4, -0.2) is 41.3 Å². The van der Waals surface area contributed by atoms with Crippen LogP contribution in [0.15, 0.2) is 49.0 Å². The predicted octanol–water partition coefficient (Wildman–Crippen LogP) is 4.50. The number of fused-ring (bicyclic) bond motifs is 1. The zero-order valence-electron chi connectivity index (χ0n) is 18.6. The first-order valence-electron chi connectivity index (χ1n) is 11.5. The van der Waals surface area contributed by atoms with E-state index in [1.165, 1.54) is 27.8 Å². The van der Waals surface area contributed by atoms with Gasteiger partial charge in [0.05, 0.1) is 5.60 Å². The summed E-state index contributed by atoms with van der Waals surface area (Å²) in [5.74, 6) is 0. The number of nitrogens with zero attached hydrogens (tertiary/aromatic N) is 1. The van der Waals surface area contributed by atoms with E-state index in [0.717, 1.165) is 63.9 Å². The van der Waals surface area contributed by atoms with Crippen LogP contribution in [0.1, 0.15) is 54.0 Å². The summed E-state index contributed by atoms with van der Waals surface area (Å²) >= 11 is 0. The number of hydrogen-bond acceptors (Lipinski definition) is 3. The minimum Gasteiger partial charge on any atom is -0.390 e. The molecule has 0 saturated carbocycles. The second-order valence-electron chi connectivity index (χ2n) is 9.62. The fourth-order valence-electron chi connectivity index (χ4n) is 4.72. The minimum atomic E-state index is -0.461. The molecule has 0 bridgehead atoms. The van der Waals surface area contributed by atoms with Gasteiger partial charge >= 0.3 is 0 Å². The first-order valence-corrected chi connectivity index (χ1v) is 11.5. The zero-order chi connectivity index (χ0) is 21.1.